The maximum atomic E-state index is 12.5. The topological polar surface area (TPSA) is 81.5 Å². The van der Waals surface area contributed by atoms with Gasteiger partial charge in [0.1, 0.15) is 0 Å². The van der Waals surface area contributed by atoms with Gasteiger partial charge >= 0.3 is 11.9 Å². The van der Waals surface area contributed by atoms with Crippen LogP contribution in [0.4, 0.5) is 18.9 Å². The predicted molar refractivity (Wildman–Crippen MR) is 65.4 cm³/mol. The van der Waals surface area contributed by atoms with Crippen molar-refractivity contribution in [2.75, 3.05) is 13.2 Å². The van der Waals surface area contributed by atoms with Gasteiger partial charge < -0.3 is 10.1 Å². The Kier molecular flexibility index (Phi) is 5.12. The third-order valence-corrected chi connectivity index (χ3v) is 2.23. The van der Waals surface area contributed by atoms with Crippen LogP contribution >= 0.6 is 0 Å². The number of hydrogen-bond acceptors (Lipinski definition) is 4. The van der Waals surface area contributed by atoms with Crippen molar-refractivity contribution in [3.63, 3.8) is 0 Å². The number of nitrogens with one attached hydrogen (secondary N) is 1. The summed E-state index contributed by atoms with van der Waals surface area (Å²) < 4.78 is 42.2. The molecule has 1 rings (SSSR count). The number of ether oxygens (including phenoxy) is 1. The minimum absolute atomic E-state index is 0.0582. The number of alkyl halides is 3. The van der Waals surface area contributed by atoms with Gasteiger partial charge in [-0.3, -0.25) is 14.9 Å². The SMILES string of the molecule is C#CCNC(=O)COc1ccc(C(F)(F)F)cc1[N+](=O)[O-]. The second-order valence-corrected chi connectivity index (χ2v) is 3.71. The van der Waals surface area contributed by atoms with E-state index in [-0.39, 0.29) is 6.54 Å². The Hall–Kier alpha value is -2.76. The summed E-state index contributed by atoms with van der Waals surface area (Å²) in [4.78, 5) is 20.9. The first-order valence-corrected chi connectivity index (χ1v) is 5.44. The van der Waals surface area contributed by atoms with E-state index in [0.717, 1.165) is 6.07 Å². The first-order chi connectivity index (χ1) is 9.75. The summed E-state index contributed by atoms with van der Waals surface area (Å²) in [7, 11) is 0. The number of nitro groups is 1. The first-order valence-electron chi connectivity index (χ1n) is 5.44. The van der Waals surface area contributed by atoms with Gasteiger partial charge in [-0.25, -0.2) is 0 Å². The Morgan fingerprint density at radius 1 is 1.48 bits per heavy atom. The van der Waals surface area contributed by atoms with Crippen LogP contribution in [0.1, 0.15) is 5.56 Å². The molecule has 1 aromatic rings. The van der Waals surface area contributed by atoms with Crippen molar-refractivity contribution in [2.45, 2.75) is 6.18 Å². The molecule has 1 aromatic carbocycles. The highest BCUT2D eigenvalue weighted by atomic mass is 19.4. The molecule has 6 nitrogen and oxygen atoms in total. The molecule has 0 unspecified atom stereocenters. The number of halogens is 3. The minimum Gasteiger partial charge on any atom is -0.477 e. The van der Waals surface area contributed by atoms with Crippen molar-refractivity contribution in [1.29, 1.82) is 0 Å². The lowest BCUT2D eigenvalue weighted by Crippen LogP contribution is -2.29. The van der Waals surface area contributed by atoms with Crippen molar-refractivity contribution in [1.82, 2.24) is 5.32 Å². The lowest BCUT2D eigenvalue weighted by molar-refractivity contribution is -0.386. The Labute approximate surface area is 117 Å². The van der Waals surface area contributed by atoms with Crippen LogP contribution in [0, 0.1) is 22.5 Å². The smallest absolute Gasteiger partial charge is 0.416 e. The lowest BCUT2D eigenvalue weighted by atomic mass is 10.2. The fraction of sp³-hybridized carbons (Fsp3) is 0.250. The normalized spacial score (nSPS) is 10.6. The molecule has 21 heavy (non-hydrogen) atoms. The Morgan fingerprint density at radius 2 is 2.14 bits per heavy atom. The third-order valence-electron chi connectivity index (χ3n) is 2.23. The van der Waals surface area contributed by atoms with Gasteiger partial charge in [0.05, 0.1) is 17.0 Å². The molecule has 0 atom stereocenters. The third kappa shape index (κ3) is 4.68. The monoisotopic (exact) mass is 302 g/mol. The van der Waals surface area contributed by atoms with Crippen LogP contribution < -0.4 is 10.1 Å². The van der Waals surface area contributed by atoms with Gasteiger partial charge in [0.15, 0.2) is 12.4 Å². The van der Waals surface area contributed by atoms with E-state index in [9.17, 15) is 28.1 Å². The van der Waals surface area contributed by atoms with E-state index in [0.29, 0.717) is 12.1 Å². The van der Waals surface area contributed by atoms with Crippen LogP contribution in [0.5, 0.6) is 5.75 Å². The molecule has 0 aliphatic rings. The minimum atomic E-state index is -4.71. The number of hydrogen-bond donors (Lipinski definition) is 1. The van der Waals surface area contributed by atoms with E-state index in [4.69, 9.17) is 11.2 Å². The summed E-state index contributed by atoms with van der Waals surface area (Å²) in [5.41, 5.74) is -2.06. The maximum Gasteiger partial charge on any atom is 0.416 e. The lowest BCUT2D eigenvalue weighted by Gasteiger charge is -2.09. The van der Waals surface area contributed by atoms with Crippen LogP contribution in [-0.4, -0.2) is 24.0 Å². The number of carbonyl (C=O) groups is 1. The van der Waals surface area contributed by atoms with Crippen molar-refractivity contribution in [2.24, 2.45) is 0 Å². The Morgan fingerprint density at radius 3 is 2.67 bits per heavy atom. The molecule has 0 radical (unpaired) electrons. The molecule has 0 bridgehead atoms. The number of terminal acetylenes is 1. The van der Waals surface area contributed by atoms with Crippen LogP contribution in [-0.2, 0) is 11.0 Å². The Bertz CT molecular complexity index is 593. The van der Waals surface area contributed by atoms with Crippen LogP contribution in [0.2, 0.25) is 0 Å². The average molecular weight is 302 g/mol. The molecule has 0 saturated carbocycles. The van der Waals surface area contributed by atoms with E-state index in [1.165, 1.54) is 0 Å². The summed E-state index contributed by atoms with van der Waals surface area (Å²) in [5.74, 6) is 1.04. The first kappa shape index (κ1) is 16.3. The van der Waals surface area contributed by atoms with Gasteiger partial charge in [-0.2, -0.15) is 13.2 Å². The zero-order valence-corrected chi connectivity index (χ0v) is 10.4. The highest BCUT2D eigenvalue weighted by Crippen LogP contribution is 2.35. The van der Waals surface area contributed by atoms with Crippen molar-refractivity contribution in [3.05, 3.63) is 33.9 Å². The van der Waals surface area contributed by atoms with Crippen molar-refractivity contribution < 1.29 is 27.6 Å². The molecule has 0 aliphatic heterocycles. The molecular formula is C12H9F3N2O4. The second kappa shape index (κ2) is 6.60. The fourth-order valence-electron chi connectivity index (χ4n) is 1.30. The zero-order chi connectivity index (χ0) is 16.0. The van der Waals surface area contributed by atoms with Gasteiger partial charge in [-0.05, 0) is 12.1 Å². The van der Waals surface area contributed by atoms with Crippen molar-refractivity contribution in [3.8, 4) is 18.1 Å². The van der Waals surface area contributed by atoms with E-state index < -0.39 is 40.6 Å². The summed E-state index contributed by atoms with van der Waals surface area (Å²) in [6.07, 6.45) is 0.189. The van der Waals surface area contributed by atoms with Crippen LogP contribution in [0.15, 0.2) is 18.2 Å². The molecule has 112 valence electrons. The summed E-state index contributed by atoms with van der Waals surface area (Å²) in [6, 6.07) is 1.76. The standard InChI is InChI=1S/C12H9F3N2O4/c1-2-5-16-11(18)7-21-10-4-3-8(12(13,14)15)6-9(10)17(19)20/h1,3-4,6H,5,7H2,(H,16,18). The molecule has 1 amide bonds. The van der Waals surface area contributed by atoms with Crippen LogP contribution in [0.25, 0.3) is 0 Å². The molecule has 9 heteroatoms. The van der Waals surface area contributed by atoms with Gasteiger partial charge in [0.2, 0.25) is 0 Å². The van der Waals surface area contributed by atoms with Gasteiger partial charge in [0.25, 0.3) is 5.91 Å². The van der Waals surface area contributed by atoms with E-state index in [1.54, 1.807) is 0 Å². The quantitative estimate of drug-likeness (QED) is 0.510. The average Bonchev–Trinajstić information content (AvgIpc) is 2.41. The van der Waals surface area contributed by atoms with E-state index in [1.807, 2.05) is 0 Å². The second-order valence-electron chi connectivity index (χ2n) is 3.71. The van der Waals surface area contributed by atoms with E-state index in [2.05, 4.69) is 11.2 Å². The van der Waals surface area contributed by atoms with Gasteiger partial charge in [-0.15, -0.1) is 6.42 Å². The molecule has 1 N–H and O–H groups in total. The van der Waals surface area contributed by atoms with Crippen LogP contribution in [0.3, 0.4) is 0 Å². The number of amides is 1. The summed E-state index contributed by atoms with van der Waals surface area (Å²) in [6.45, 7) is -0.662. The number of benzene rings is 1. The maximum absolute atomic E-state index is 12.5. The predicted octanol–water partition coefficient (Wildman–Crippen LogP) is 1.74. The highest BCUT2D eigenvalue weighted by Gasteiger charge is 2.33. The number of nitrogens with zero attached hydrogens (tertiary/aromatic N) is 1. The molecule has 0 aromatic heterocycles. The molecular weight excluding hydrogens is 293 g/mol. The summed E-state index contributed by atoms with van der Waals surface area (Å²) in [5, 5.41) is 13.0. The van der Waals surface area contributed by atoms with Gasteiger partial charge in [-0.1, -0.05) is 5.92 Å². The molecule has 0 spiro atoms. The largest absolute Gasteiger partial charge is 0.477 e. The molecule has 0 fully saturated rings. The van der Waals surface area contributed by atoms with Crippen molar-refractivity contribution >= 4 is 11.6 Å². The van der Waals surface area contributed by atoms with Gasteiger partial charge in [0, 0.05) is 6.07 Å². The molecule has 0 heterocycles. The fourth-order valence-corrected chi connectivity index (χ4v) is 1.30. The molecule has 0 aliphatic carbocycles. The highest BCUT2D eigenvalue weighted by molar-refractivity contribution is 5.77. The Balaban J connectivity index is 2.90. The molecule has 0 saturated heterocycles. The number of nitro benzene ring substituents is 1. The number of rotatable bonds is 5. The summed E-state index contributed by atoms with van der Waals surface area (Å²) >= 11 is 0. The number of carbonyl (C=O) groups excluding carboxylic acids is 1. The zero-order valence-electron chi connectivity index (χ0n) is 10.4. The van der Waals surface area contributed by atoms with E-state index >= 15 is 0 Å².